The molecule has 0 fully saturated rings. The van der Waals surface area contributed by atoms with Crippen LogP contribution in [0.1, 0.15) is 5.56 Å². The Hall–Kier alpha value is -1.54. The maximum Gasteiger partial charge on any atom is 0.122 e. The minimum Gasteiger partial charge on any atom is -0.491 e. The molecule has 1 rings (SSSR count). The first kappa shape index (κ1) is 31.5. The summed E-state index contributed by atoms with van der Waals surface area (Å²) in [5, 5.41) is 26.2. The molecular formula is C24H42O11. The topological polar surface area (TPSA) is 135 Å². The van der Waals surface area contributed by atoms with Crippen molar-refractivity contribution in [3.63, 3.8) is 0 Å². The average molecular weight is 507 g/mol. The monoisotopic (exact) mass is 506 g/mol. The summed E-state index contributed by atoms with van der Waals surface area (Å²) in [6, 6.07) is 5.61. The predicted octanol–water partition coefficient (Wildman–Crippen LogP) is 0.0632. The molecule has 0 radical (unpaired) electrons. The maximum absolute atomic E-state index is 8.89. The highest BCUT2D eigenvalue weighted by atomic mass is 16.6. The van der Waals surface area contributed by atoms with E-state index >= 15 is 0 Å². The van der Waals surface area contributed by atoms with Gasteiger partial charge in [0.25, 0.3) is 0 Å². The smallest absolute Gasteiger partial charge is 0.122 e. The first-order valence-electron chi connectivity index (χ1n) is 12.0. The Kier molecular flexibility index (Phi) is 21.7. The predicted molar refractivity (Wildman–Crippen MR) is 127 cm³/mol. The van der Waals surface area contributed by atoms with E-state index in [1.54, 1.807) is 0 Å². The first-order valence-corrected chi connectivity index (χ1v) is 12.0. The van der Waals surface area contributed by atoms with Gasteiger partial charge < -0.3 is 53.2 Å². The van der Waals surface area contributed by atoms with Crippen molar-refractivity contribution in [3.8, 4) is 11.5 Å². The number of ether oxygens (including phenoxy) is 8. The van der Waals surface area contributed by atoms with Gasteiger partial charge in [-0.1, -0.05) is 0 Å². The standard InChI is InChI=1S/C24H42O11/c25-4-8-28-7-3-22-21-23(34-19-17-32-16-15-31-13-11-29-9-5-26)1-2-24(22)35-20-18-33-14-12-30-10-6-27/h1-2,21,25-27H,3-20H2. The second kappa shape index (κ2) is 24.2. The Bertz CT molecular complexity index is 589. The van der Waals surface area contributed by atoms with Crippen molar-refractivity contribution in [2.45, 2.75) is 6.42 Å². The number of hydrogen-bond donors (Lipinski definition) is 3. The Morgan fingerprint density at radius 3 is 1.40 bits per heavy atom. The fourth-order valence-electron chi connectivity index (χ4n) is 2.75. The van der Waals surface area contributed by atoms with Gasteiger partial charge in [-0.15, -0.1) is 0 Å². The fraction of sp³-hybridized carbons (Fsp3) is 0.750. The van der Waals surface area contributed by atoms with Crippen LogP contribution in [0.4, 0.5) is 0 Å². The van der Waals surface area contributed by atoms with E-state index in [-0.39, 0.29) is 26.4 Å². The Morgan fingerprint density at radius 2 is 0.886 bits per heavy atom. The van der Waals surface area contributed by atoms with E-state index in [9.17, 15) is 0 Å². The molecule has 11 heteroatoms. The van der Waals surface area contributed by atoms with Crippen molar-refractivity contribution < 1.29 is 53.2 Å². The van der Waals surface area contributed by atoms with E-state index in [1.807, 2.05) is 18.2 Å². The second-order valence-electron chi connectivity index (χ2n) is 7.06. The van der Waals surface area contributed by atoms with Crippen molar-refractivity contribution in [2.75, 3.05) is 112 Å². The molecule has 204 valence electrons. The molecule has 11 nitrogen and oxygen atoms in total. The summed E-state index contributed by atoms with van der Waals surface area (Å²) in [6.45, 7) is 5.67. The third kappa shape index (κ3) is 18.4. The molecule has 0 saturated carbocycles. The lowest BCUT2D eigenvalue weighted by Gasteiger charge is -2.14. The number of rotatable bonds is 26. The van der Waals surface area contributed by atoms with Crippen molar-refractivity contribution >= 4 is 0 Å². The summed E-state index contributed by atoms with van der Waals surface area (Å²) in [4.78, 5) is 0. The third-order valence-corrected chi connectivity index (χ3v) is 4.35. The molecule has 35 heavy (non-hydrogen) atoms. The van der Waals surface area contributed by atoms with Crippen LogP contribution in [0.25, 0.3) is 0 Å². The van der Waals surface area contributed by atoms with Crippen LogP contribution < -0.4 is 9.47 Å². The van der Waals surface area contributed by atoms with E-state index in [0.29, 0.717) is 98.1 Å². The quantitative estimate of drug-likeness (QED) is 0.147. The lowest BCUT2D eigenvalue weighted by Crippen LogP contribution is -2.14. The summed E-state index contributed by atoms with van der Waals surface area (Å²) in [5.41, 5.74) is 0.935. The molecule has 0 aliphatic carbocycles. The Morgan fingerprint density at radius 1 is 0.457 bits per heavy atom. The zero-order chi connectivity index (χ0) is 25.2. The van der Waals surface area contributed by atoms with Gasteiger partial charge in [0.05, 0.1) is 99.1 Å². The number of benzene rings is 1. The van der Waals surface area contributed by atoms with Gasteiger partial charge in [0, 0.05) is 5.56 Å². The number of aliphatic hydroxyl groups excluding tert-OH is 3. The van der Waals surface area contributed by atoms with Crippen LogP contribution in [0.3, 0.4) is 0 Å². The zero-order valence-electron chi connectivity index (χ0n) is 20.6. The van der Waals surface area contributed by atoms with E-state index < -0.39 is 0 Å². The molecule has 0 bridgehead atoms. The highest BCUT2D eigenvalue weighted by molar-refractivity contribution is 5.40. The van der Waals surface area contributed by atoms with Crippen LogP contribution in [-0.2, 0) is 34.8 Å². The summed E-state index contributed by atoms with van der Waals surface area (Å²) >= 11 is 0. The summed E-state index contributed by atoms with van der Waals surface area (Å²) in [5.74, 6) is 1.43. The van der Waals surface area contributed by atoms with Gasteiger partial charge in [0.2, 0.25) is 0 Å². The fourth-order valence-corrected chi connectivity index (χ4v) is 2.75. The van der Waals surface area contributed by atoms with Crippen molar-refractivity contribution in [2.24, 2.45) is 0 Å². The Labute approximate surface area is 207 Å². The normalized spacial score (nSPS) is 11.2. The number of hydrogen-bond acceptors (Lipinski definition) is 11. The minimum atomic E-state index is -0.0194. The molecule has 3 N–H and O–H groups in total. The highest BCUT2D eigenvalue weighted by Crippen LogP contribution is 2.25. The van der Waals surface area contributed by atoms with Gasteiger partial charge in [-0.3, -0.25) is 0 Å². The molecule has 0 aromatic heterocycles. The molecule has 0 saturated heterocycles. The summed E-state index contributed by atoms with van der Waals surface area (Å²) < 4.78 is 43.6. The molecule has 0 aliphatic heterocycles. The maximum atomic E-state index is 8.89. The van der Waals surface area contributed by atoms with Crippen LogP contribution in [0.15, 0.2) is 18.2 Å². The van der Waals surface area contributed by atoms with Crippen LogP contribution in [0.5, 0.6) is 11.5 Å². The third-order valence-electron chi connectivity index (χ3n) is 4.35. The molecule has 0 unspecified atom stereocenters. The minimum absolute atomic E-state index is 0.000913. The van der Waals surface area contributed by atoms with Crippen molar-refractivity contribution in [3.05, 3.63) is 23.8 Å². The SMILES string of the molecule is OCCOCCOCCOCCOc1ccc(OCCOCCOCCO)c(CCOCCO)c1. The van der Waals surface area contributed by atoms with E-state index in [1.165, 1.54) is 0 Å². The first-order chi connectivity index (χ1) is 17.3. The molecule has 0 aliphatic rings. The molecule has 0 heterocycles. The van der Waals surface area contributed by atoms with E-state index in [0.717, 1.165) is 11.3 Å². The largest absolute Gasteiger partial charge is 0.491 e. The van der Waals surface area contributed by atoms with Gasteiger partial charge in [-0.2, -0.15) is 0 Å². The van der Waals surface area contributed by atoms with E-state index in [4.69, 9.17) is 53.2 Å². The highest BCUT2D eigenvalue weighted by Gasteiger charge is 2.07. The zero-order valence-corrected chi connectivity index (χ0v) is 20.6. The van der Waals surface area contributed by atoms with Gasteiger partial charge in [0.15, 0.2) is 0 Å². The number of aliphatic hydroxyl groups is 3. The average Bonchev–Trinajstić information content (AvgIpc) is 2.87. The molecular weight excluding hydrogens is 464 g/mol. The van der Waals surface area contributed by atoms with Crippen LogP contribution in [0, 0.1) is 0 Å². The molecule has 1 aromatic rings. The van der Waals surface area contributed by atoms with Crippen molar-refractivity contribution in [1.29, 1.82) is 0 Å². The van der Waals surface area contributed by atoms with Crippen molar-refractivity contribution in [1.82, 2.24) is 0 Å². The van der Waals surface area contributed by atoms with E-state index in [2.05, 4.69) is 0 Å². The lowest BCUT2D eigenvalue weighted by atomic mass is 10.1. The van der Waals surface area contributed by atoms with Crippen LogP contribution in [-0.4, -0.2) is 128 Å². The van der Waals surface area contributed by atoms with Crippen LogP contribution in [0.2, 0.25) is 0 Å². The Balaban J connectivity index is 2.30. The molecule has 1 aromatic carbocycles. The molecule has 0 spiro atoms. The van der Waals surface area contributed by atoms with Gasteiger partial charge in [-0.25, -0.2) is 0 Å². The van der Waals surface area contributed by atoms with Gasteiger partial charge >= 0.3 is 0 Å². The summed E-state index contributed by atoms with van der Waals surface area (Å²) in [7, 11) is 0. The van der Waals surface area contributed by atoms with Gasteiger partial charge in [-0.05, 0) is 24.6 Å². The van der Waals surface area contributed by atoms with Gasteiger partial charge in [0.1, 0.15) is 24.7 Å². The van der Waals surface area contributed by atoms with Crippen LogP contribution >= 0.6 is 0 Å². The lowest BCUT2D eigenvalue weighted by molar-refractivity contribution is 0.00360. The molecule has 0 atom stereocenters. The second-order valence-corrected chi connectivity index (χ2v) is 7.06. The molecule has 0 amide bonds. The summed E-state index contributed by atoms with van der Waals surface area (Å²) in [6.07, 6.45) is 0.609.